The second kappa shape index (κ2) is 9.11. The van der Waals surface area contributed by atoms with Gasteiger partial charge >= 0.3 is 0 Å². The zero-order chi connectivity index (χ0) is 20.9. The maximum atomic E-state index is 5.52. The fourth-order valence-corrected chi connectivity index (χ4v) is 4.20. The van der Waals surface area contributed by atoms with E-state index in [-0.39, 0.29) is 0 Å². The minimum absolute atomic E-state index is 0.358. The second-order valence-corrected chi connectivity index (χ2v) is 7.86. The Morgan fingerprint density at radius 1 is 1.27 bits per heavy atom. The van der Waals surface area contributed by atoms with Gasteiger partial charge in [0.15, 0.2) is 5.96 Å². The number of aliphatic imine (C=N–C) groups is 1. The number of nitrogens with zero attached hydrogens (tertiary/aromatic N) is 2. The zero-order valence-electron chi connectivity index (χ0n) is 18.0. The van der Waals surface area contributed by atoms with Crippen molar-refractivity contribution < 1.29 is 4.74 Å². The molecule has 3 N–H and O–H groups in total. The van der Waals surface area contributed by atoms with E-state index in [4.69, 9.17) is 4.74 Å². The number of fused-ring (bicyclic) bond motifs is 1. The molecule has 1 atom stereocenters. The van der Waals surface area contributed by atoms with Crippen LogP contribution in [-0.2, 0) is 6.42 Å². The lowest BCUT2D eigenvalue weighted by molar-refractivity contribution is 0.415. The molecule has 1 aliphatic rings. The number of benzene rings is 2. The minimum atomic E-state index is 0.358. The number of rotatable bonds is 6. The van der Waals surface area contributed by atoms with Crippen molar-refractivity contribution >= 4 is 22.5 Å². The number of anilines is 1. The quantitative estimate of drug-likeness (QED) is 0.434. The predicted molar refractivity (Wildman–Crippen MR) is 125 cm³/mol. The maximum absolute atomic E-state index is 5.52. The van der Waals surface area contributed by atoms with Crippen LogP contribution in [0.25, 0.3) is 10.9 Å². The second-order valence-electron chi connectivity index (χ2n) is 7.86. The first-order valence-electron chi connectivity index (χ1n) is 10.6. The van der Waals surface area contributed by atoms with Gasteiger partial charge in [-0.2, -0.15) is 0 Å². The number of para-hydroxylation sites is 2. The van der Waals surface area contributed by atoms with E-state index in [1.807, 2.05) is 19.2 Å². The number of H-pyrrole nitrogens is 1. The van der Waals surface area contributed by atoms with Crippen molar-refractivity contribution in [1.82, 2.24) is 15.6 Å². The highest BCUT2D eigenvalue weighted by molar-refractivity contribution is 5.84. The van der Waals surface area contributed by atoms with E-state index in [0.717, 1.165) is 49.9 Å². The van der Waals surface area contributed by atoms with Gasteiger partial charge in [-0.1, -0.05) is 24.3 Å². The molecule has 0 saturated carbocycles. The van der Waals surface area contributed by atoms with Gasteiger partial charge in [0.1, 0.15) is 5.75 Å². The third-order valence-electron chi connectivity index (χ3n) is 5.79. The van der Waals surface area contributed by atoms with Gasteiger partial charge in [-0.25, -0.2) is 0 Å². The van der Waals surface area contributed by atoms with Crippen LogP contribution in [0, 0.1) is 6.92 Å². The number of methoxy groups -OCH3 is 1. The minimum Gasteiger partial charge on any atom is -0.495 e. The first-order chi connectivity index (χ1) is 14.7. The van der Waals surface area contributed by atoms with Crippen molar-refractivity contribution in [2.24, 2.45) is 4.99 Å². The Bertz CT molecular complexity index is 1030. The standard InChI is InChI=1S/C24H31N5O/c1-17-8-9-20-18(15-27-21(20)14-17)10-12-26-24(25-2)28-19-11-13-29(16-19)22-6-4-5-7-23(22)30-3/h4-9,14-15,19,27H,10-13,16H2,1-3H3,(H2,25,26,28). The SMILES string of the molecule is CN=C(NCCc1c[nH]c2cc(C)ccc12)NC1CCN(c2ccccc2OC)C1. The van der Waals surface area contributed by atoms with Crippen LogP contribution in [0.1, 0.15) is 17.5 Å². The number of guanidine groups is 1. The van der Waals surface area contributed by atoms with Crippen LogP contribution < -0.4 is 20.3 Å². The van der Waals surface area contributed by atoms with E-state index in [0.29, 0.717) is 6.04 Å². The molecule has 158 valence electrons. The lowest BCUT2D eigenvalue weighted by Crippen LogP contribution is -2.45. The lowest BCUT2D eigenvalue weighted by atomic mass is 10.1. The maximum Gasteiger partial charge on any atom is 0.191 e. The van der Waals surface area contributed by atoms with E-state index in [2.05, 4.69) is 69.0 Å². The number of hydrogen-bond donors (Lipinski definition) is 3. The van der Waals surface area contributed by atoms with Gasteiger partial charge in [-0.3, -0.25) is 4.99 Å². The Morgan fingerprint density at radius 2 is 2.13 bits per heavy atom. The summed E-state index contributed by atoms with van der Waals surface area (Å²) in [4.78, 5) is 10.2. The molecule has 6 nitrogen and oxygen atoms in total. The van der Waals surface area contributed by atoms with Gasteiger partial charge in [-0.05, 0) is 49.1 Å². The summed E-state index contributed by atoms with van der Waals surface area (Å²) in [6.45, 7) is 4.89. The largest absolute Gasteiger partial charge is 0.495 e. The molecule has 0 bridgehead atoms. The summed E-state index contributed by atoms with van der Waals surface area (Å²) in [6, 6.07) is 15.1. The molecule has 0 spiro atoms. The molecule has 0 radical (unpaired) electrons. The first kappa shape index (κ1) is 20.1. The summed E-state index contributed by atoms with van der Waals surface area (Å²) in [5, 5.41) is 8.35. The molecule has 6 heteroatoms. The molecule has 1 fully saturated rings. The van der Waals surface area contributed by atoms with E-state index in [1.165, 1.54) is 22.0 Å². The normalized spacial score (nSPS) is 16.8. The Labute approximate surface area is 178 Å². The van der Waals surface area contributed by atoms with E-state index in [1.54, 1.807) is 7.11 Å². The topological polar surface area (TPSA) is 64.7 Å². The van der Waals surface area contributed by atoms with Crippen molar-refractivity contribution in [1.29, 1.82) is 0 Å². The number of ether oxygens (including phenoxy) is 1. The monoisotopic (exact) mass is 405 g/mol. The van der Waals surface area contributed by atoms with Crippen LogP contribution >= 0.6 is 0 Å². The number of nitrogens with one attached hydrogen (secondary N) is 3. The van der Waals surface area contributed by atoms with Crippen molar-refractivity contribution in [3.8, 4) is 5.75 Å². The molecular formula is C24H31N5O. The molecule has 1 unspecified atom stereocenters. The Balaban J connectivity index is 1.30. The summed E-state index contributed by atoms with van der Waals surface area (Å²) < 4.78 is 5.52. The van der Waals surface area contributed by atoms with Gasteiger partial charge in [0.2, 0.25) is 0 Å². The summed E-state index contributed by atoms with van der Waals surface area (Å²) >= 11 is 0. The summed E-state index contributed by atoms with van der Waals surface area (Å²) in [5.74, 6) is 1.78. The van der Waals surface area contributed by atoms with Crippen molar-refractivity contribution in [3.63, 3.8) is 0 Å². The average Bonchev–Trinajstić information content (AvgIpc) is 3.39. The van der Waals surface area contributed by atoms with Gasteiger partial charge in [0.05, 0.1) is 12.8 Å². The number of aryl methyl sites for hydroxylation is 1. The Hall–Kier alpha value is -3.15. The molecular weight excluding hydrogens is 374 g/mol. The third-order valence-corrected chi connectivity index (χ3v) is 5.79. The number of aromatic amines is 1. The van der Waals surface area contributed by atoms with Crippen LogP contribution in [0.3, 0.4) is 0 Å². The summed E-state index contributed by atoms with van der Waals surface area (Å²) in [7, 11) is 3.56. The van der Waals surface area contributed by atoms with Crippen LogP contribution in [-0.4, -0.2) is 50.8 Å². The van der Waals surface area contributed by atoms with Gasteiger partial charge < -0.3 is 25.3 Å². The van der Waals surface area contributed by atoms with E-state index < -0.39 is 0 Å². The average molecular weight is 406 g/mol. The molecule has 1 saturated heterocycles. The van der Waals surface area contributed by atoms with Crippen LogP contribution in [0.2, 0.25) is 0 Å². The molecule has 2 aromatic carbocycles. The van der Waals surface area contributed by atoms with Crippen LogP contribution in [0.4, 0.5) is 5.69 Å². The van der Waals surface area contributed by atoms with E-state index in [9.17, 15) is 0 Å². The van der Waals surface area contributed by atoms with Crippen LogP contribution in [0.15, 0.2) is 53.7 Å². The summed E-state index contributed by atoms with van der Waals surface area (Å²) in [6.07, 6.45) is 4.13. The summed E-state index contributed by atoms with van der Waals surface area (Å²) in [5.41, 5.74) is 4.96. The van der Waals surface area contributed by atoms with Crippen molar-refractivity contribution in [3.05, 3.63) is 59.8 Å². The number of aromatic nitrogens is 1. The Morgan fingerprint density at radius 3 is 2.97 bits per heavy atom. The highest BCUT2D eigenvalue weighted by Crippen LogP contribution is 2.30. The van der Waals surface area contributed by atoms with Gasteiger partial charge in [0, 0.05) is 49.8 Å². The molecule has 0 aliphatic carbocycles. The number of hydrogen-bond acceptors (Lipinski definition) is 3. The van der Waals surface area contributed by atoms with E-state index >= 15 is 0 Å². The van der Waals surface area contributed by atoms with Crippen LogP contribution in [0.5, 0.6) is 5.75 Å². The van der Waals surface area contributed by atoms with Gasteiger partial charge in [-0.15, -0.1) is 0 Å². The molecule has 1 aliphatic heterocycles. The zero-order valence-corrected chi connectivity index (χ0v) is 18.0. The lowest BCUT2D eigenvalue weighted by Gasteiger charge is -2.22. The van der Waals surface area contributed by atoms with Crippen molar-refractivity contribution in [2.45, 2.75) is 25.8 Å². The molecule has 0 amide bonds. The van der Waals surface area contributed by atoms with Gasteiger partial charge in [0.25, 0.3) is 0 Å². The Kier molecular flexibility index (Phi) is 6.12. The third kappa shape index (κ3) is 4.37. The predicted octanol–water partition coefficient (Wildman–Crippen LogP) is 3.47. The highest BCUT2D eigenvalue weighted by atomic mass is 16.5. The molecule has 30 heavy (non-hydrogen) atoms. The molecule has 2 heterocycles. The highest BCUT2D eigenvalue weighted by Gasteiger charge is 2.25. The molecule has 1 aromatic heterocycles. The van der Waals surface area contributed by atoms with Crippen molar-refractivity contribution in [2.75, 3.05) is 38.7 Å². The fourth-order valence-electron chi connectivity index (χ4n) is 4.20. The molecule has 4 rings (SSSR count). The fraction of sp³-hybridized carbons (Fsp3) is 0.375. The smallest absolute Gasteiger partial charge is 0.191 e. The first-order valence-corrected chi connectivity index (χ1v) is 10.6. The molecule has 3 aromatic rings.